The first-order valence-corrected chi connectivity index (χ1v) is 7.45. The molecule has 1 unspecified atom stereocenters. The van der Waals surface area contributed by atoms with Crippen molar-refractivity contribution in [2.45, 2.75) is 77.4 Å². The van der Waals surface area contributed by atoms with E-state index in [1.807, 2.05) is 6.08 Å². The predicted molar refractivity (Wildman–Crippen MR) is 81.1 cm³/mol. The summed E-state index contributed by atoms with van der Waals surface area (Å²) in [6, 6.07) is 0.587. The zero-order valence-electron chi connectivity index (χ0n) is 12.9. The van der Waals surface area contributed by atoms with Crippen molar-refractivity contribution in [3.63, 3.8) is 0 Å². The first-order chi connectivity index (χ1) is 8.55. The lowest BCUT2D eigenvalue weighted by Crippen LogP contribution is -2.38. The second-order valence-corrected chi connectivity index (χ2v) is 5.75. The van der Waals surface area contributed by atoms with Gasteiger partial charge in [-0.15, -0.1) is 6.58 Å². The molecular formula is C16H33NO. The molecule has 108 valence electrons. The summed E-state index contributed by atoms with van der Waals surface area (Å²) in [5, 5.41) is 3.65. The highest BCUT2D eigenvalue weighted by atomic mass is 16.5. The van der Waals surface area contributed by atoms with Crippen molar-refractivity contribution >= 4 is 0 Å². The molecule has 0 heterocycles. The van der Waals surface area contributed by atoms with Crippen LogP contribution in [0.1, 0.15) is 65.7 Å². The highest BCUT2D eigenvalue weighted by Gasteiger charge is 2.21. The van der Waals surface area contributed by atoms with E-state index in [4.69, 9.17) is 4.74 Å². The molecule has 0 aliphatic carbocycles. The maximum atomic E-state index is 5.54. The second kappa shape index (κ2) is 10.6. The van der Waals surface area contributed by atoms with Crippen LogP contribution in [0, 0.1) is 0 Å². The molecule has 0 fully saturated rings. The number of allylic oxidation sites excluding steroid dienone is 1. The third kappa shape index (κ3) is 9.67. The van der Waals surface area contributed by atoms with E-state index in [2.05, 4.69) is 32.7 Å². The van der Waals surface area contributed by atoms with Crippen LogP contribution < -0.4 is 5.32 Å². The summed E-state index contributed by atoms with van der Waals surface area (Å²) in [7, 11) is 1.81. The average molecular weight is 255 g/mol. The smallest absolute Gasteiger partial charge is 0.0637 e. The van der Waals surface area contributed by atoms with E-state index in [1.54, 1.807) is 7.11 Å². The zero-order chi connectivity index (χ0) is 13.9. The third-order valence-corrected chi connectivity index (χ3v) is 3.43. The lowest BCUT2D eigenvalue weighted by atomic mass is 9.94. The minimum Gasteiger partial charge on any atom is -0.379 e. The van der Waals surface area contributed by atoms with Gasteiger partial charge in [0.15, 0.2) is 0 Å². The Morgan fingerprint density at radius 2 is 2.00 bits per heavy atom. The van der Waals surface area contributed by atoms with E-state index in [1.165, 1.54) is 32.1 Å². The van der Waals surface area contributed by atoms with Gasteiger partial charge in [-0.2, -0.15) is 0 Å². The monoisotopic (exact) mass is 255 g/mol. The topological polar surface area (TPSA) is 21.3 Å². The standard InChI is InChI=1S/C16H33NO/c1-6-8-9-10-11-12-15(17-13-7-2)14-16(3,4)18-5/h6,15,17H,1,7-14H2,2-5H3. The van der Waals surface area contributed by atoms with Gasteiger partial charge in [-0.05, 0) is 52.5 Å². The first-order valence-electron chi connectivity index (χ1n) is 7.45. The lowest BCUT2D eigenvalue weighted by molar-refractivity contribution is 0.00620. The Morgan fingerprint density at radius 1 is 1.28 bits per heavy atom. The van der Waals surface area contributed by atoms with Crippen molar-refractivity contribution < 1.29 is 4.74 Å². The van der Waals surface area contributed by atoms with Crippen molar-refractivity contribution in [2.75, 3.05) is 13.7 Å². The van der Waals surface area contributed by atoms with Gasteiger partial charge in [0.2, 0.25) is 0 Å². The van der Waals surface area contributed by atoms with Crippen LogP contribution in [0.5, 0.6) is 0 Å². The molecule has 2 heteroatoms. The fourth-order valence-electron chi connectivity index (χ4n) is 2.16. The van der Waals surface area contributed by atoms with Gasteiger partial charge in [0.05, 0.1) is 5.60 Å². The van der Waals surface area contributed by atoms with Gasteiger partial charge in [-0.25, -0.2) is 0 Å². The minimum atomic E-state index is -0.0213. The highest BCUT2D eigenvalue weighted by molar-refractivity contribution is 4.78. The molecule has 0 aliphatic heterocycles. The molecule has 0 aliphatic rings. The molecule has 0 saturated carbocycles. The average Bonchev–Trinajstić information content (AvgIpc) is 2.35. The van der Waals surface area contributed by atoms with Crippen molar-refractivity contribution in [1.29, 1.82) is 0 Å². The van der Waals surface area contributed by atoms with E-state index < -0.39 is 0 Å². The molecule has 1 N–H and O–H groups in total. The Hall–Kier alpha value is -0.340. The molecule has 0 spiro atoms. The molecule has 0 amide bonds. The number of unbranched alkanes of at least 4 members (excludes halogenated alkanes) is 3. The first kappa shape index (κ1) is 17.7. The maximum Gasteiger partial charge on any atom is 0.0637 e. The SMILES string of the molecule is C=CCCCCCC(CC(C)(C)OC)NCCC. The molecule has 0 saturated heterocycles. The Morgan fingerprint density at radius 3 is 2.56 bits per heavy atom. The molecule has 18 heavy (non-hydrogen) atoms. The summed E-state index contributed by atoms with van der Waals surface area (Å²) in [5.74, 6) is 0. The predicted octanol–water partition coefficient (Wildman–Crippen LogP) is 4.31. The number of hydrogen-bond donors (Lipinski definition) is 1. The van der Waals surface area contributed by atoms with Gasteiger partial charge in [-0.1, -0.05) is 25.8 Å². The second-order valence-electron chi connectivity index (χ2n) is 5.75. The summed E-state index contributed by atoms with van der Waals surface area (Å²) in [6.45, 7) is 11.4. The largest absolute Gasteiger partial charge is 0.379 e. The summed E-state index contributed by atoms with van der Waals surface area (Å²) < 4.78 is 5.54. The van der Waals surface area contributed by atoms with Gasteiger partial charge in [0.25, 0.3) is 0 Å². The molecule has 1 atom stereocenters. The van der Waals surface area contributed by atoms with E-state index in [0.29, 0.717) is 6.04 Å². The van der Waals surface area contributed by atoms with E-state index in [0.717, 1.165) is 19.4 Å². The van der Waals surface area contributed by atoms with Crippen LogP contribution in [0.3, 0.4) is 0 Å². The van der Waals surface area contributed by atoms with E-state index in [-0.39, 0.29) is 5.60 Å². The van der Waals surface area contributed by atoms with Crippen molar-refractivity contribution in [3.8, 4) is 0 Å². The molecular weight excluding hydrogens is 222 g/mol. The van der Waals surface area contributed by atoms with Crippen LogP contribution in [0.4, 0.5) is 0 Å². The molecule has 0 rings (SSSR count). The van der Waals surface area contributed by atoms with Gasteiger partial charge in [0.1, 0.15) is 0 Å². The number of hydrogen-bond acceptors (Lipinski definition) is 2. The Kier molecular flexibility index (Phi) is 10.4. The normalized spacial score (nSPS) is 13.6. The highest BCUT2D eigenvalue weighted by Crippen LogP contribution is 2.19. The minimum absolute atomic E-state index is 0.0213. The van der Waals surface area contributed by atoms with E-state index >= 15 is 0 Å². The van der Waals surface area contributed by atoms with Gasteiger partial charge >= 0.3 is 0 Å². The van der Waals surface area contributed by atoms with Crippen molar-refractivity contribution in [2.24, 2.45) is 0 Å². The molecule has 0 radical (unpaired) electrons. The Balaban J connectivity index is 3.94. The van der Waals surface area contributed by atoms with Crippen LogP contribution in [0.15, 0.2) is 12.7 Å². The fraction of sp³-hybridized carbons (Fsp3) is 0.875. The van der Waals surface area contributed by atoms with Gasteiger partial charge < -0.3 is 10.1 Å². The molecule has 0 aromatic carbocycles. The van der Waals surface area contributed by atoms with Crippen LogP contribution >= 0.6 is 0 Å². The maximum absolute atomic E-state index is 5.54. The van der Waals surface area contributed by atoms with E-state index in [9.17, 15) is 0 Å². The lowest BCUT2D eigenvalue weighted by Gasteiger charge is -2.29. The molecule has 0 aromatic rings. The number of nitrogens with one attached hydrogen (secondary N) is 1. The molecule has 0 bridgehead atoms. The third-order valence-electron chi connectivity index (χ3n) is 3.43. The molecule has 0 aromatic heterocycles. The van der Waals surface area contributed by atoms with Crippen LogP contribution in [-0.2, 0) is 4.74 Å². The van der Waals surface area contributed by atoms with Gasteiger partial charge in [0, 0.05) is 13.2 Å². The van der Waals surface area contributed by atoms with Crippen LogP contribution in [-0.4, -0.2) is 25.3 Å². The Bertz CT molecular complexity index is 201. The number of methoxy groups -OCH3 is 1. The Labute approximate surface area is 114 Å². The van der Waals surface area contributed by atoms with Gasteiger partial charge in [-0.3, -0.25) is 0 Å². The summed E-state index contributed by atoms with van der Waals surface area (Å²) >= 11 is 0. The van der Waals surface area contributed by atoms with Crippen LogP contribution in [0.25, 0.3) is 0 Å². The summed E-state index contributed by atoms with van der Waals surface area (Å²) in [4.78, 5) is 0. The number of ether oxygens (including phenoxy) is 1. The molecule has 2 nitrogen and oxygen atoms in total. The van der Waals surface area contributed by atoms with Crippen LogP contribution in [0.2, 0.25) is 0 Å². The van der Waals surface area contributed by atoms with Crippen molar-refractivity contribution in [1.82, 2.24) is 5.32 Å². The zero-order valence-corrected chi connectivity index (χ0v) is 12.9. The number of rotatable bonds is 12. The summed E-state index contributed by atoms with van der Waals surface area (Å²) in [6.07, 6.45) is 10.6. The quantitative estimate of drug-likeness (QED) is 0.414. The fourth-order valence-corrected chi connectivity index (χ4v) is 2.16. The van der Waals surface area contributed by atoms with Crippen molar-refractivity contribution in [3.05, 3.63) is 12.7 Å². The summed E-state index contributed by atoms with van der Waals surface area (Å²) in [5.41, 5.74) is -0.0213.